The number of benzene rings is 2. The lowest BCUT2D eigenvalue weighted by atomic mass is 10.1. The van der Waals surface area contributed by atoms with Gasteiger partial charge in [-0.25, -0.2) is 9.97 Å². The van der Waals surface area contributed by atoms with Crippen LogP contribution in [-0.4, -0.2) is 30.0 Å². The van der Waals surface area contributed by atoms with Crippen LogP contribution in [-0.2, 0) is 0 Å². The van der Waals surface area contributed by atoms with Gasteiger partial charge in [-0.15, -0.1) is 0 Å². The van der Waals surface area contributed by atoms with E-state index in [0.29, 0.717) is 17.3 Å². The zero-order valence-electron chi connectivity index (χ0n) is 16.9. The molecule has 0 aliphatic heterocycles. The first-order valence-corrected chi connectivity index (χ1v) is 9.10. The van der Waals surface area contributed by atoms with Gasteiger partial charge in [0.25, 0.3) is 5.91 Å². The fourth-order valence-corrected chi connectivity index (χ4v) is 2.95. The van der Waals surface area contributed by atoms with Gasteiger partial charge >= 0.3 is 0 Å². The molecule has 0 atom stereocenters. The summed E-state index contributed by atoms with van der Waals surface area (Å²) in [6, 6.07) is 15.5. The number of aryl methyl sites for hydroxylation is 3. The van der Waals surface area contributed by atoms with Gasteiger partial charge in [-0.2, -0.15) is 0 Å². The summed E-state index contributed by atoms with van der Waals surface area (Å²) in [5.41, 5.74) is 5.94. The van der Waals surface area contributed by atoms with Crippen molar-refractivity contribution in [2.75, 3.05) is 29.6 Å². The number of nitrogens with one attached hydrogen (secondary N) is 2. The van der Waals surface area contributed by atoms with Gasteiger partial charge < -0.3 is 15.5 Å². The zero-order chi connectivity index (χ0) is 20.3. The van der Waals surface area contributed by atoms with E-state index in [1.165, 1.54) is 0 Å². The van der Waals surface area contributed by atoms with Gasteiger partial charge in [-0.3, -0.25) is 4.79 Å². The summed E-state index contributed by atoms with van der Waals surface area (Å²) < 4.78 is 0. The monoisotopic (exact) mass is 375 g/mol. The molecule has 0 radical (unpaired) electrons. The van der Waals surface area contributed by atoms with E-state index in [0.717, 1.165) is 28.2 Å². The normalized spacial score (nSPS) is 10.5. The topological polar surface area (TPSA) is 70.2 Å². The number of amides is 1. The Balaban J connectivity index is 1.79. The van der Waals surface area contributed by atoms with E-state index in [2.05, 4.69) is 26.7 Å². The van der Waals surface area contributed by atoms with Crippen LogP contribution in [0.1, 0.15) is 27.3 Å². The summed E-state index contributed by atoms with van der Waals surface area (Å²) in [5, 5.41) is 6.08. The maximum Gasteiger partial charge on any atom is 0.274 e. The Kier molecular flexibility index (Phi) is 5.59. The molecule has 0 saturated carbocycles. The predicted octanol–water partition coefficient (Wildman–Crippen LogP) is 4.46. The lowest BCUT2D eigenvalue weighted by Gasteiger charge is -2.13. The fourth-order valence-electron chi connectivity index (χ4n) is 2.95. The first-order valence-electron chi connectivity index (χ1n) is 9.10. The van der Waals surface area contributed by atoms with Crippen molar-refractivity contribution in [3.05, 3.63) is 71.0 Å². The highest BCUT2D eigenvalue weighted by Gasteiger charge is 2.12. The lowest BCUT2D eigenvalue weighted by Crippen LogP contribution is -2.15. The molecule has 2 N–H and O–H groups in total. The van der Waals surface area contributed by atoms with E-state index < -0.39 is 0 Å². The van der Waals surface area contributed by atoms with Gasteiger partial charge in [0.2, 0.25) is 5.95 Å². The number of carbonyl (C=O) groups excluding carboxylic acids is 1. The molecule has 1 aromatic heterocycles. The molecule has 0 bridgehead atoms. The van der Waals surface area contributed by atoms with Gasteiger partial charge in [0.15, 0.2) is 0 Å². The van der Waals surface area contributed by atoms with Gasteiger partial charge in [0.1, 0.15) is 5.69 Å². The Morgan fingerprint density at radius 2 is 1.50 bits per heavy atom. The van der Waals surface area contributed by atoms with Crippen LogP contribution in [0.5, 0.6) is 0 Å². The van der Waals surface area contributed by atoms with Crippen LogP contribution in [0.25, 0.3) is 0 Å². The summed E-state index contributed by atoms with van der Waals surface area (Å²) in [5.74, 6) is 0.129. The number of rotatable bonds is 5. The largest absolute Gasteiger partial charge is 0.378 e. The van der Waals surface area contributed by atoms with Crippen molar-refractivity contribution in [2.24, 2.45) is 0 Å². The maximum absolute atomic E-state index is 12.7. The zero-order valence-corrected chi connectivity index (χ0v) is 16.9. The summed E-state index contributed by atoms with van der Waals surface area (Å²) in [6.45, 7) is 5.85. The second-order valence-corrected chi connectivity index (χ2v) is 7.11. The SMILES string of the molecule is Cc1cc(C)cc(NC(=O)c2cc(C)nc(Nc3ccc(N(C)C)cc3)n2)c1. The first-order chi connectivity index (χ1) is 13.3. The van der Waals surface area contributed by atoms with Crippen LogP contribution in [0.15, 0.2) is 48.5 Å². The molecule has 1 heterocycles. The minimum absolute atomic E-state index is 0.262. The van der Waals surface area contributed by atoms with Crippen molar-refractivity contribution >= 4 is 28.9 Å². The Morgan fingerprint density at radius 1 is 0.857 bits per heavy atom. The first kappa shape index (κ1) is 19.4. The third kappa shape index (κ3) is 4.85. The standard InChI is InChI=1S/C22H25N5O/c1-14-10-15(2)12-18(11-14)24-21(28)20-13-16(3)23-22(26-20)25-17-6-8-19(9-7-17)27(4)5/h6-13H,1-5H3,(H,24,28)(H,23,25,26). The van der Waals surface area contributed by atoms with E-state index in [1.807, 2.05) is 76.2 Å². The van der Waals surface area contributed by atoms with Crippen LogP contribution in [0.4, 0.5) is 23.0 Å². The molecule has 3 rings (SSSR count). The van der Waals surface area contributed by atoms with Crippen LogP contribution in [0.2, 0.25) is 0 Å². The molecule has 3 aromatic rings. The molecule has 6 heteroatoms. The maximum atomic E-state index is 12.7. The summed E-state index contributed by atoms with van der Waals surface area (Å²) in [4.78, 5) is 23.5. The Morgan fingerprint density at radius 3 is 2.11 bits per heavy atom. The lowest BCUT2D eigenvalue weighted by molar-refractivity contribution is 0.102. The summed E-state index contributed by atoms with van der Waals surface area (Å²) in [7, 11) is 3.99. The highest BCUT2D eigenvalue weighted by atomic mass is 16.1. The fraction of sp³-hybridized carbons (Fsp3) is 0.227. The highest BCUT2D eigenvalue weighted by molar-refractivity contribution is 6.03. The average molecular weight is 375 g/mol. The van der Waals surface area contributed by atoms with Crippen molar-refractivity contribution in [2.45, 2.75) is 20.8 Å². The number of aromatic nitrogens is 2. The molecule has 0 unspecified atom stereocenters. The number of hydrogen-bond acceptors (Lipinski definition) is 5. The molecular formula is C22H25N5O. The minimum atomic E-state index is -0.262. The van der Waals surface area contributed by atoms with E-state index in [1.54, 1.807) is 6.07 Å². The second-order valence-electron chi connectivity index (χ2n) is 7.11. The van der Waals surface area contributed by atoms with Crippen LogP contribution >= 0.6 is 0 Å². The molecule has 6 nitrogen and oxygen atoms in total. The molecule has 0 saturated heterocycles. The predicted molar refractivity (Wildman–Crippen MR) is 115 cm³/mol. The van der Waals surface area contributed by atoms with Crippen molar-refractivity contribution in [3.63, 3.8) is 0 Å². The Hall–Kier alpha value is -3.41. The highest BCUT2D eigenvalue weighted by Crippen LogP contribution is 2.19. The van der Waals surface area contributed by atoms with Gasteiger partial charge in [0, 0.05) is 36.9 Å². The van der Waals surface area contributed by atoms with E-state index in [-0.39, 0.29) is 5.91 Å². The van der Waals surface area contributed by atoms with E-state index >= 15 is 0 Å². The van der Waals surface area contributed by atoms with Gasteiger partial charge in [0.05, 0.1) is 0 Å². The smallest absolute Gasteiger partial charge is 0.274 e. The van der Waals surface area contributed by atoms with Gasteiger partial charge in [-0.05, 0) is 74.4 Å². The van der Waals surface area contributed by atoms with Crippen molar-refractivity contribution in [1.82, 2.24) is 9.97 Å². The number of hydrogen-bond donors (Lipinski definition) is 2. The third-order valence-electron chi connectivity index (χ3n) is 4.21. The third-order valence-corrected chi connectivity index (χ3v) is 4.21. The summed E-state index contributed by atoms with van der Waals surface area (Å²) >= 11 is 0. The van der Waals surface area contributed by atoms with Gasteiger partial charge in [-0.1, -0.05) is 6.07 Å². The van der Waals surface area contributed by atoms with Crippen LogP contribution in [0.3, 0.4) is 0 Å². The van der Waals surface area contributed by atoms with Crippen molar-refractivity contribution < 1.29 is 4.79 Å². The van der Waals surface area contributed by atoms with Crippen molar-refractivity contribution in [3.8, 4) is 0 Å². The van der Waals surface area contributed by atoms with E-state index in [4.69, 9.17) is 0 Å². The number of nitrogens with zero attached hydrogens (tertiary/aromatic N) is 3. The molecule has 144 valence electrons. The molecule has 1 amide bonds. The Labute approximate surface area is 165 Å². The van der Waals surface area contributed by atoms with Crippen LogP contribution in [0, 0.1) is 20.8 Å². The average Bonchev–Trinajstić information content (AvgIpc) is 2.60. The summed E-state index contributed by atoms with van der Waals surface area (Å²) in [6.07, 6.45) is 0. The molecular weight excluding hydrogens is 350 g/mol. The number of anilines is 4. The second kappa shape index (κ2) is 8.08. The molecule has 0 spiro atoms. The molecule has 28 heavy (non-hydrogen) atoms. The quantitative estimate of drug-likeness (QED) is 0.689. The molecule has 0 aliphatic carbocycles. The molecule has 0 aliphatic rings. The van der Waals surface area contributed by atoms with E-state index in [9.17, 15) is 4.79 Å². The minimum Gasteiger partial charge on any atom is -0.378 e. The molecule has 0 fully saturated rings. The van der Waals surface area contributed by atoms with Crippen LogP contribution < -0.4 is 15.5 Å². The Bertz CT molecular complexity index is 976. The molecule has 2 aromatic carbocycles. The number of carbonyl (C=O) groups is 1. The van der Waals surface area contributed by atoms with Crippen molar-refractivity contribution in [1.29, 1.82) is 0 Å².